The van der Waals surface area contributed by atoms with E-state index in [2.05, 4.69) is 58.6 Å². The van der Waals surface area contributed by atoms with E-state index in [1.807, 2.05) is 12.1 Å². The lowest BCUT2D eigenvalue weighted by Crippen LogP contribution is -2.38. The van der Waals surface area contributed by atoms with E-state index < -0.39 is 5.97 Å². The second-order valence-electron chi connectivity index (χ2n) is 11.4. The first-order chi connectivity index (χ1) is 18.2. The number of halogens is 1. The molecule has 2 saturated carbocycles. The third kappa shape index (κ3) is 5.65. The summed E-state index contributed by atoms with van der Waals surface area (Å²) in [6.45, 7) is 4.87. The summed E-state index contributed by atoms with van der Waals surface area (Å²) in [4.78, 5) is 24.8. The maximum absolute atomic E-state index is 12.8. The summed E-state index contributed by atoms with van der Waals surface area (Å²) >= 11 is 3.80. The monoisotopic (exact) mass is 574 g/mol. The highest BCUT2D eigenvalue weighted by atomic mass is 79.9. The molecule has 0 saturated heterocycles. The van der Waals surface area contributed by atoms with Crippen LogP contribution in [0.2, 0.25) is 0 Å². The van der Waals surface area contributed by atoms with Gasteiger partial charge in [0.15, 0.2) is 0 Å². The van der Waals surface area contributed by atoms with Gasteiger partial charge in [-0.1, -0.05) is 32.0 Å². The number of carbonyl (C=O) groups is 2. The first-order valence-corrected chi connectivity index (χ1v) is 14.2. The van der Waals surface area contributed by atoms with Crippen molar-refractivity contribution in [2.24, 2.45) is 17.8 Å². The summed E-state index contributed by atoms with van der Waals surface area (Å²) in [6.07, 6.45) is 6.71. The molecule has 2 unspecified atom stereocenters. The number of carbonyl (C=O) groups excluding carboxylic acids is 2. The average molecular weight is 576 g/mol. The van der Waals surface area contributed by atoms with E-state index in [9.17, 15) is 9.59 Å². The number of ether oxygens (including phenoxy) is 1. The number of hydrogen-bond donors (Lipinski definition) is 2. The normalized spacial score (nSPS) is 24.4. The Morgan fingerprint density at radius 2 is 1.61 bits per heavy atom. The molecular weight excluding hydrogens is 540 g/mol. The molecule has 0 aromatic heterocycles. The molecule has 5 rings (SSSR count). The van der Waals surface area contributed by atoms with Crippen LogP contribution in [0, 0.1) is 17.8 Å². The van der Waals surface area contributed by atoms with E-state index in [0.717, 1.165) is 33.6 Å². The van der Waals surface area contributed by atoms with Gasteiger partial charge in [-0.15, -0.1) is 0 Å². The maximum atomic E-state index is 12.8. The molecule has 0 spiro atoms. The lowest BCUT2D eigenvalue weighted by atomic mass is 9.57. The van der Waals surface area contributed by atoms with Crippen LogP contribution in [0.5, 0.6) is 0 Å². The molecule has 2 fully saturated rings. The molecule has 2 N–H and O–H groups in total. The number of hydrogen-bond acceptors (Lipinski definition) is 4. The molecule has 3 aromatic rings. The number of anilines is 3. The van der Waals surface area contributed by atoms with Crippen molar-refractivity contribution in [3.05, 3.63) is 87.9 Å². The third-order valence-electron chi connectivity index (χ3n) is 8.29. The van der Waals surface area contributed by atoms with Gasteiger partial charge in [-0.2, -0.15) is 0 Å². The molecule has 6 heteroatoms. The molecule has 5 nitrogen and oxygen atoms in total. The number of rotatable bonds is 6. The zero-order valence-electron chi connectivity index (χ0n) is 22.2. The number of para-hydroxylation sites is 1. The highest BCUT2D eigenvalue weighted by Crippen LogP contribution is 2.51. The summed E-state index contributed by atoms with van der Waals surface area (Å²) in [5.74, 6) is 1.78. The van der Waals surface area contributed by atoms with Gasteiger partial charge in [0.05, 0.1) is 24.0 Å². The minimum absolute atomic E-state index is 0.232. The van der Waals surface area contributed by atoms with Crippen molar-refractivity contribution in [1.82, 2.24) is 0 Å². The first-order valence-electron chi connectivity index (χ1n) is 13.4. The highest BCUT2D eigenvalue weighted by molar-refractivity contribution is 9.10. The standard InChI is InChI=1S/C32H35BrN2O3/c1-20-14-21-16-22(15-20)19-32(2,18-21)24-10-13-29(27(33)17-24)34-25-11-8-23(9-12-25)30(36)35-28-7-5-4-6-26(28)31(37)38-3/h4-13,17,20-22,34H,14-16,18-19H2,1-3H3,(H,35,36). The minimum atomic E-state index is -0.494. The molecule has 0 heterocycles. The van der Waals surface area contributed by atoms with Crippen LogP contribution in [0.15, 0.2) is 71.2 Å². The van der Waals surface area contributed by atoms with Crippen LogP contribution < -0.4 is 10.6 Å². The van der Waals surface area contributed by atoms with Crippen LogP contribution in [-0.2, 0) is 10.2 Å². The molecule has 38 heavy (non-hydrogen) atoms. The topological polar surface area (TPSA) is 67.4 Å². The molecule has 2 atom stereocenters. The molecule has 2 bridgehead atoms. The van der Waals surface area contributed by atoms with Crippen molar-refractivity contribution in [2.45, 2.75) is 51.4 Å². The van der Waals surface area contributed by atoms with E-state index >= 15 is 0 Å². The number of benzene rings is 3. The van der Waals surface area contributed by atoms with E-state index in [-0.39, 0.29) is 11.3 Å². The van der Waals surface area contributed by atoms with Crippen molar-refractivity contribution < 1.29 is 14.3 Å². The number of esters is 1. The molecule has 2 aliphatic rings. The van der Waals surface area contributed by atoms with Gasteiger partial charge < -0.3 is 15.4 Å². The Labute approximate surface area is 233 Å². The Bertz CT molecular complexity index is 1320. The van der Waals surface area contributed by atoms with Gasteiger partial charge in [-0.25, -0.2) is 4.79 Å². The summed E-state index contributed by atoms with van der Waals surface area (Å²) in [6, 6.07) is 20.8. The van der Waals surface area contributed by atoms with Crippen LogP contribution in [0.1, 0.15) is 72.2 Å². The van der Waals surface area contributed by atoms with Gasteiger partial charge in [-0.3, -0.25) is 4.79 Å². The predicted molar refractivity (Wildman–Crippen MR) is 156 cm³/mol. The van der Waals surface area contributed by atoms with Crippen LogP contribution in [0.4, 0.5) is 17.1 Å². The fourth-order valence-corrected chi connectivity index (χ4v) is 7.23. The molecule has 198 valence electrons. The van der Waals surface area contributed by atoms with E-state index in [4.69, 9.17) is 4.74 Å². The molecule has 1 amide bonds. The van der Waals surface area contributed by atoms with Crippen molar-refractivity contribution in [1.29, 1.82) is 0 Å². The fourth-order valence-electron chi connectivity index (χ4n) is 6.75. The van der Waals surface area contributed by atoms with Crippen molar-refractivity contribution >= 4 is 44.9 Å². The molecule has 3 aromatic carbocycles. The van der Waals surface area contributed by atoms with Crippen molar-refractivity contribution in [3.8, 4) is 0 Å². The second-order valence-corrected chi connectivity index (χ2v) is 12.3. The summed E-state index contributed by atoms with van der Waals surface area (Å²) < 4.78 is 5.86. The molecular formula is C32H35BrN2O3. The molecule has 0 radical (unpaired) electrons. The van der Waals surface area contributed by atoms with Crippen LogP contribution >= 0.6 is 15.9 Å². The Morgan fingerprint density at radius 3 is 2.26 bits per heavy atom. The first kappa shape index (κ1) is 26.5. The SMILES string of the molecule is COC(=O)c1ccccc1NC(=O)c1ccc(Nc2ccc(C3(C)CC4CC(C)CC(C4)C3)cc2Br)cc1. The Kier molecular flexibility index (Phi) is 7.62. The summed E-state index contributed by atoms with van der Waals surface area (Å²) in [7, 11) is 1.32. The van der Waals surface area contributed by atoms with Gasteiger partial charge in [0.1, 0.15) is 0 Å². The summed E-state index contributed by atoms with van der Waals surface area (Å²) in [5.41, 5.74) is 4.75. The molecule has 0 aliphatic heterocycles. The van der Waals surface area contributed by atoms with Crippen LogP contribution in [0.25, 0.3) is 0 Å². The van der Waals surface area contributed by atoms with Gasteiger partial charge >= 0.3 is 5.97 Å². The molecule has 2 aliphatic carbocycles. The largest absolute Gasteiger partial charge is 0.465 e. The smallest absolute Gasteiger partial charge is 0.339 e. The Balaban J connectivity index is 1.26. The van der Waals surface area contributed by atoms with Crippen LogP contribution in [0.3, 0.4) is 0 Å². The van der Waals surface area contributed by atoms with Gasteiger partial charge in [0, 0.05) is 15.7 Å². The van der Waals surface area contributed by atoms with Gasteiger partial charge in [0.25, 0.3) is 5.91 Å². The lowest BCUT2D eigenvalue weighted by molar-refractivity contribution is 0.0602. The zero-order valence-corrected chi connectivity index (χ0v) is 23.8. The highest BCUT2D eigenvalue weighted by Gasteiger charge is 2.41. The number of nitrogens with one attached hydrogen (secondary N) is 2. The lowest BCUT2D eigenvalue weighted by Gasteiger charge is -2.47. The van der Waals surface area contributed by atoms with Gasteiger partial charge in [-0.05, 0) is 125 Å². The maximum Gasteiger partial charge on any atom is 0.339 e. The van der Waals surface area contributed by atoms with Crippen molar-refractivity contribution in [2.75, 3.05) is 17.7 Å². The van der Waals surface area contributed by atoms with Crippen molar-refractivity contribution in [3.63, 3.8) is 0 Å². The van der Waals surface area contributed by atoms with Crippen LogP contribution in [-0.4, -0.2) is 19.0 Å². The fraction of sp³-hybridized carbons (Fsp3) is 0.375. The quantitative estimate of drug-likeness (QED) is 0.290. The van der Waals surface area contributed by atoms with E-state index in [1.54, 1.807) is 36.4 Å². The Morgan fingerprint density at radius 1 is 0.921 bits per heavy atom. The third-order valence-corrected chi connectivity index (χ3v) is 8.95. The average Bonchev–Trinajstić information content (AvgIpc) is 2.89. The summed E-state index contributed by atoms with van der Waals surface area (Å²) in [5, 5.41) is 6.28. The van der Waals surface area contributed by atoms with E-state index in [0.29, 0.717) is 16.8 Å². The second kappa shape index (κ2) is 10.9. The number of fused-ring (bicyclic) bond motifs is 2. The number of methoxy groups -OCH3 is 1. The number of amides is 1. The van der Waals surface area contributed by atoms with E-state index in [1.165, 1.54) is 44.8 Å². The minimum Gasteiger partial charge on any atom is -0.465 e. The Hall–Kier alpha value is -3.12. The van der Waals surface area contributed by atoms with Gasteiger partial charge in [0.2, 0.25) is 0 Å². The predicted octanol–water partition coefficient (Wildman–Crippen LogP) is 8.34. The zero-order chi connectivity index (χ0) is 26.9.